The van der Waals surface area contributed by atoms with E-state index in [1.54, 1.807) is 6.07 Å². The summed E-state index contributed by atoms with van der Waals surface area (Å²) in [5.41, 5.74) is 1.44. The molecule has 92 valence electrons. The fraction of sp³-hybridized carbons (Fsp3) is 0. The molecule has 1 aromatic heterocycles. The van der Waals surface area contributed by atoms with Crippen LogP contribution < -0.4 is 10.6 Å². The number of thiophene rings is 1. The van der Waals surface area contributed by atoms with E-state index in [4.69, 9.17) is 5.11 Å². The Labute approximate surface area is 107 Å². The number of aromatic carboxylic acids is 1. The molecule has 0 bridgehead atoms. The molecule has 0 atom stereocenters. The lowest BCUT2D eigenvalue weighted by molar-refractivity contribution is 0.0697. The smallest absolute Gasteiger partial charge is 0.335 e. The molecule has 0 saturated carbocycles. The molecule has 0 aliphatic carbocycles. The van der Waals surface area contributed by atoms with E-state index in [-0.39, 0.29) is 11.6 Å². The second-order valence-corrected chi connectivity index (χ2v) is 4.25. The van der Waals surface area contributed by atoms with E-state index in [2.05, 4.69) is 10.6 Å². The molecule has 2 amide bonds. The molecule has 18 heavy (non-hydrogen) atoms. The van der Waals surface area contributed by atoms with Crippen LogP contribution in [0.4, 0.5) is 16.2 Å². The van der Waals surface area contributed by atoms with Crippen LogP contribution in [0.2, 0.25) is 0 Å². The fourth-order valence-corrected chi connectivity index (χ4v) is 1.91. The number of urea groups is 1. The lowest BCUT2D eigenvalue weighted by atomic mass is 10.2. The molecule has 1 aromatic carbocycles. The molecule has 0 spiro atoms. The first-order valence-electron chi connectivity index (χ1n) is 5.09. The highest BCUT2D eigenvalue weighted by atomic mass is 32.1. The van der Waals surface area contributed by atoms with Gasteiger partial charge >= 0.3 is 12.0 Å². The minimum Gasteiger partial charge on any atom is -0.478 e. The Morgan fingerprint density at radius 3 is 2.22 bits per heavy atom. The summed E-state index contributed by atoms with van der Waals surface area (Å²) in [5, 5.41) is 17.7. The van der Waals surface area contributed by atoms with Crippen molar-refractivity contribution in [2.24, 2.45) is 0 Å². The van der Waals surface area contributed by atoms with Gasteiger partial charge in [0.05, 0.1) is 11.3 Å². The Bertz CT molecular complexity index is 549. The minimum atomic E-state index is -0.996. The topological polar surface area (TPSA) is 78.4 Å². The number of rotatable bonds is 3. The Morgan fingerprint density at radius 1 is 1.00 bits per heavy atom. The lowest BCUT2D eigenvalue weighted by Crippen LogP contribution is -2.18. The molecular formula is C12H10N2O3S. The maximum absolute atomic E-state index is 11.6. The van der Waals surface area contributed by atoms with Crippen LogP contribution in [0.15, 0.2) is 41.1 Å². The van der Waals surface area contributed by atoms with Gasteiger partial charge < -0.3 is 15.7 Å². The third-order valence-electron chi connectivity index (χ3n) is 2.17. The number of amides is 2. The molecule has 5 nitrogen and oxygen atoms in total. The molecule has 0 saturated heterocycles. The van der Waals surface area contributed by atoms with Crippen LogP contribution in [0.25, 0.3) is 0 Å². The van der Waals surface area contributed by atoms with E-state index < -0.39 is 5.97 Å². The first-order chi connectivity index (χ1) is 8.65. The Balaban J connectivity index is 1.97. The number of carboxylic acids is 1. The van der Waals surface area contributed by atoms with Crippen molar-refractivity contribution in [2.75, 3.05) is 10.6 Å². The highest BCUT2D eigenvalue weighted by Gasteiger charge is 2.05. The summed E-state index contributed by atoms with van der Waals surface area (Å²) < 4.78 is 0. The van der Waals surface area contributed by atoms with E-state index in [9.17, 15) is 9.59 Å². The Morgan fingerprint density at radius 2 is 1.67 bits per heavy atom. The fourth-order valence-electron chi connectivity index (χ4n) is 1.33. The highest BCUT2D eigenvalue weighted by molar-refractivity contribution is 7.08. The van der Waals surface area contributed by atoms with Crippen LogP contribution in [-0.4, -0.2) is 17.1 Å². The first kappa shape index (κ1) is 12.1. The lowest BCUT2D eigenvalue weighted by Gasteiger charge is -2.06. The zero-order chi connectivity index (χ0) is 13.0. The zero-order valence-corrected chi connectivity index (χ0v) is 10.0. The van der Waals surface area contributed by atoms with Crippen molar-refractivity contribution in [3.63, 3.8) is 0 Å². The maximum atomic E-state index is 11.6. The molecule has 0 aliphatic heterocycles. The maximum Gasteiger partial charge on any atom is 0.335 e. The molecule has 6 heteroatoms. The third kappa shape index (κ3) is 3.08. The molecule has 2 rings (SSSR count). The molecule has 0 fully saturated rings. The number of benzene rings is 1. The van der Waals surface area contributed by atoms with Gasteiger partial charge in [0.2, 0.25) is 0 Å². The van der Waals surface area contributed by atoms with Crippen molar-refractivity contribution in [3.8, 4) is 0 Å². The van der Waals surface area contributed by atoms with Crippen LogP contribution in [0.3, 0.4) is 0 Å². The highest BCUT2D eigenvalue weighted by Crippen LogP contribution is 2.13. The van der Waals surface area contributed by atoms with Gasteiger partial charge in [0.15, 0.2) is 0 Å². The summed E-state index contributed by atoms with van der Waals surface area (Å²) in [7, 11) is 0. The van der Waals surface area contributed by atoms with Crippen molar-refractivity contribution < 1.29 is 14.7 Å². The summed E-state index contributed by atoms with van der Waals surface area (Å²) in [4.78, 5) is 22.2. The molecule has 2 aromatic rings. The summed E-state index contributed by atoms with van der Waals surface area (Å²) in [6, 6.07) is 7.37. The van der Waals surface area contributed by atoms with Gasteiger partial charge in [-0.25, -0.2) is 9.59 Å². The predicted octanol–water partition coefficient (Wildman–Crippen LogP) is 3.09. The second-order valence-electron chi connectivity index (χ2n) is 3.47. The Hall–Kier alpha value is -2.34. The SMILES string of the molecule is O=C(Nc1ccc(C(=O)O)cc1)Nc1ccsc1. The number of carboxylic acid groups (broad SMARTS) is 1. The van der Waals surface area contributed by atoms with Crippen LogP contribution in [0, 0.1) is 0 Å². The van der Waals surface area contributed by atoms with Gasteiger partial charge in [-0.2, -0.15) is 11.3 Å². The molecule has 0 aliphatic rings. The van der Waals surface area contributed by atoms with Gasteiger partial charge in [-0.05, 0) is 35.7 Å². The largest absolute Gasteiger partial charge is 0.478 e. The average Bonchev–Trinajstić information content (AvgIpc) is 2.82. The quantitative estimate of drug-likeness (QED) is 0.795. The average molecular weight is 262 g/mol. The van der Waals surface area contributed by atoms with Crippen molar-refractivity contribution in [1.29, 1.82) is 0 Å². The van der Waals surface area contributed by atoms with E-state index in [0.29, 0.717) is 5.69 Å². The number of hydrogen-bond donors (Lipinski definition) is 3. The van der Waals surface area contributed by atoms with Crippen LogP contribution in [0.5, 0.6) is 0 Å². The van der Waals surface area contributed by atoms with Crippen LogP contribution >= 0.6 is 11.3 Å². The van der Waals surface area contributed by atoms with Crippen LogP contribution in [-0.2, 0) is 0 Å². The van der Waals surface area contributed by atoms with Crippen molar-refractivity contribution in [3.05, 3.63) is 46.7 Å². The molecular weight excluding hydrogens is 252 g/mol. The molecule has 0 radical (unpaired) electrons. The van der Waals surface area contributed by atoms with Gasteiger partial charge in [0.25, 0.3) is 0 Å². The number of carbonyl (C=O) groups excluding carboxylic acids is 1. The first-order valence-corrected chi connectivity index (χ1v) is 6.03. The van der Waals surface area contributed by atoms with E-state index in [1.165, 1.54) is 35.6 Å². The van der Waals surface area contributed by atoms with Crippen molar-refractivity contribution in [1.82, 2.24) is 0 Å². The number of anilines is 2. The van der Waals surface area contributed by atoms with Crippen molar-refractivity contribution in [2.45, 2.75) is 0 Å². The molecule has 3 N–H and O–H groups in total. The van der Waals surface area contributed by atoms with Gasteiger partial charge in [-0.15, -0.1) is 0 Å². The summed E-state index contributed by atoms with van der Waals surface area (Å²) >= 11 is 1.49. The van der Waals surface area contributed by atoms with Gasteiger partial charge in [-0.1, -0.05) is 0 Å². The Kier molecular flexibility index (Phi) is 3.59. The number of hydrogen-bond acceptors (Lipinski definition) is 3. The second kappa shape index (κ2) is 5.33. The molecule has 0 unspecified atom stereocenters. The summed E-state index contributed by atoms with van der Waals surface area (Å²) in [5.74, 6) is -0.996. The predicted molar refractivity (Wildman–Crippen MR) is 70.4 cm³/mol. The van der Waals surface area contributed by atoms with Gasteiger partial charge in [-0.3, -0.25) is 0 Å². The van der Waals surface area contributed by atoms with Gasteiger partial charge in [0, 0.05) is 11.1 Å². The van der Waals surface area contributed by atoms with E-state index in [1.807, 2.05) is 10.8 Å². The van der Waals surface area contributed by atoms with Gasteiger partial charge in [0.1, 0.15) is 0 Å². The monoisotopic (exact) mass is 262 g/mol. The standard InChI is InChI=1S/C12H10N2O3S/c15-11(16)8-1-3-9(4-2-8)13-12(17)14-10-5-6-18-7-10/h1-7H,(H,15,16)(H2,13,14,17). The zero-order valence-electron chi connectivity index (χ0n) is 9.21. The molecule has 1 heterocycles. The minimum absolute atomic E-state index is 0.179. The summed E-state index contributed by atoms with van der Waals surface area (Å²) in [6.45, 7) is 0. The third-order valence-corrected chi connectivity index (χ3v) is 2.85. The normalized spacial score (nSPS) is 9.78. The van der Waals surface area contributed by atoms with Crippen molar-refractivity contribution >= 4 is 34.7 Å². The van der Waals surface area contributed by atoms with E-state index in [0.717, 1.165) is 5.69 Å². The van der Waals surface area contributed by atoms with Crippen LogP contribution in [0.1, 0.15) is 10.4 Å². The number of nitrogens with one attached hydrogen (secondary N) is 2. The summed E-state index contributed by atoms with van der Waals surface area (Å²) in [6.07, 6.45) is 0. The number of carbonyl (C=O) groups is 2. The van der Waals surface area contributed by atoms with E-state index >= 15 is 0 Å².